The number of halogens is 5. The van der Waals surface area contributed by atoms with Crippen LogP contribution in [0.15, 0.2) is 40.8 Å². The van der Waals surface area contributed by atoms with E-state index < -0.39 is 30.2 Å². The number of oxazole rings is 1. The lowest BCUT2D eigenvalue weighted by molar-refractivity contribution is -0.121. The summed E-state index contributed by atoms with van der Waals surface area (Å²) in [4.78, 5) is 29.3. The zero-order valence-corrected chi connectivity index (χ0v) is 24.9. The topological polar surface area (TPSA) is 129 Å². The monoisotopic (exact) mass is 642 g/mol. The summed E-state index contributed by atoms with van der Waals surface area (Å²) in [5, 5.41) is 5.53. The van der Waals surface area contributed by atoms with Gasteiger partial charge in [-0.3, -0.25) is 9.59 Å². The number of alkyl halides is 2. The Morgan fingerprint density at radius 3 is 2.52 bits per heavy atom. The van der Waals surface area contributed by atoms with E-state index in [4.69, 9.17) is 14.9 Å². The number of ether oxygens (including phenoxy) is 2. The van der Waals surface area contributed by atoms with Gasteiger partial charge in [0.15, 0.2) is 23.0 Å². The van der Waals surface area contributed by atoms with E-state index in [0.29, 0.717) is 25.3 Å². The van der Waals surface area contributed by atoms with Crippen LogP contribution in [0.2, 0.25) is 0 Å². The van der Waals surface area contributed by atoms with Crippen molar-refractivity contribution in [3.05, 3.63) is 65.1 Å². The minimum atomic E-state index is -3.10. The predicted molar refractivity (Wildman–Crippen MR) is 156 cm³/mol. The van der Waals surface area contributed by atoms with E-state index in [1.54, 1.807) is 6.92 Å². The number of hydrogen-bond donors (Lipinski definition) is 3. The van der Waals surface area contributed by atoms with Crippen LogP contribution < -0.4 is 25.8 Å². The molecular weight excluding hydrogens is 608 g/mol. The number of benzene rings is 2. The van der Waals surface area contributed by atoms with Crippen molar-refractivity contribution in [1.82, 2.24) is 15.6 Å². The number of carbonyl (C=O) groups is 2. The maximum atomic E-state index is 14.0. The molecule has 9 nitrogen and oxygen atoms in total. The minimum Gasteiger partial charge on any atom is -0.490 e. The van der Waals surface area contributed by atoms with Crippen molar-refractivity contribution in [3.63, 3.8) is 0 Å². The highest BCUT2D eigenvalue weighted by molar-refractivity contribution is 5.94. The highest BCUT2D eigenvalue weighted by atomic mass is 35.5. The molecule has 1 aromatic heterocycles. The summed E-state index contributed by atoms with van der Waals surface area (Å²) >= 11 is 0. The van der Waals surface area contributed by atoms with Crippen LogP contribution in [0.1, 0.15) is 79.7 Å². The van der Waals surface area contributed by atoms with Crippen molar-refractivity contribution < 1.29 is 41.0 Å². The Morgan fingerprint density at radius 1 is 1.09 bits per heavy atom. The molecule has 0 bridgehead atoms. The molecule has 0 spiro atoms. The van der Waals surface area contributed by atoms with Crippen LogP contribution in [0.3, 0.4) is 0 Å². The van der Waals surface area contributed by atoms with Gasteiger partial charge >= 0.3 is 6.61 Å². The van der Waals surface area contributed by atoms with Crippen LogP contribution in [0, 0.1) is 11.6 Å². The van der Waals surface area contributed by atoms with Gasteiger partial charge in [0.25, 0.3) is 5.91 Å². The van der Waals surface area contributed by atoms with Crippen molar-refractivity contribution in [2.24, 2.45) is 5.73 Å². The Hall–Kier alpha value is -3.84. The number of nitrogens with two attached hydrogens (primary N) is 1. The van der Waals surface area contributed by atoms with E-state index in [-0.39, 0.29) is 77.5 Å². The molecule has 1 unspecified atom stereocenters. The Balaban J connectivity index is 0.00000529. The molecular formula is C30H35ClF4N4O5. The lowest BCUT2D eigenvalue weighted by Crippen LogP contribution is -2.32. The van der Waals surface area contributed by atoms with Crippen LogP contribution in [-0.2, 0) is 11.3 Å². The first-order valence-electron chi connectivity index (χ1n) is 14.1. The maximum absolute atomic E-state index is 14.0. The second-order valence-electron chi connectivity index (χ2n) is 10.3. The first-order chi connectivity index (χ1) is 20.6. The number of hydrogen-bond acceptors (Lipinski definition) is 7. The van der Waals surface area contributed by atoms with E-state index in [9.17, 15) is 27.2 Å². The molecule has 1 fully saturated rings. The van der Waals surface area contributed by atoms with Crippen LogP contribution in [-0.4, -0.2) is 36.1 Å². The van der Waals surface area contributed by atoms with E-state index in [2.05, 4.69) is 20.4 Å². The molecule has 0 aliphatic heterocycles. The van der Waals surface area contributed by atoms with E-state index in [0.717, 1.165) is 31.7 Å². The summed E-state index contributed by atoms with van der Waals surface area (Å²) in [6, 6.07) is 6.52. The zero-order valence-electron chi connectivity index (χ0n) is 24.0. The van der Waals surface area contributed by atoms with Gasteiger partial charge in [0.2, 0.25) is 11.8 Å². The summed E-state index contributed by atoms with van der Waals surface area (Å²) in [6.45, 7) is -1.64. The Labute approximate surface area is 258 Å². The largest absolute Gasteiger partial charge is 0.490 e. The second kappa shape index (κ2) is 16.3. The number of nitrogens with one attached hydrogen (secondary N) is 2. The van der Waals surface area contributed by atoms with Crippen molar-refractivity contribution >= 4 is 24.2 Å². The van der Waals surface area contributed by atoms with Crippen molar-refractivity contribution in [2.75, 3.05) is 6.61 Å². The SMILES string of the molecule is CC(N)c1oc(-c2ccc(OC(F)F)c(OCCCCC(=O)NC3CCCC3)c2)nc1C(=O)NCc1ccc(F)cc1F.Cl. The summed E-state index contributed by atoms with van der Waals surface area (Å²) in [5.74, 6) is -2.52. The maximum Gasteiger partial charge on any atom is 0.387 e. The molecule has 14 heteroatoms. The summed E-state index contributed by atoms with van der Waals surface area (Å²) in [5.41, 5.74) is 6.19. The Kier molecular flexibility index (Phi) is 12.8. The average Bonchev–Trinajstić information content (AvgIpc) is 3.63. The van der Waals surface area contributed by atoms with Crippen molar-refractivity contribution in [2.45, 2.75) is 77.1 Å². The lowest BCUT2D eigenvalue weighted by Gasteiger charge is -2.14. The first kappa shape index (κ1) is 34.6. The van der Waals surface area contributed by atoms with Crippen molar-refractivity contribution in [3.8, 4) is 23.0 Å². The second-order valence-corrected chi connectivity index (χ2v) is 10.3. The molecule has 2 aromatic carbocycles. The van der Waals surface area contributed by atoms with E-state index in [1.165, 1.54) is 24.3 Å². The van der Waals surface area contributed by atoms with Gasteiger partial charge in [-0.15, -0.1) is 12.4 Å². The summed E-state index contributed by atoms with van der Waals surface area (Å²) in [6.07, 6.45) is 5.59. The normalized spacial score (nSPS) is 13.8. The quantitative estimate of drug-likeness (QED) is 0.141. The van der Waals surface area contributed by atoms with Gasteiger partial charge in [0.05, 0.1) is 12.6 Å². The molecule has 1 aliphatic carbocycles. The molecule has 0 saturated heterocycles. The standard InChI is InChI=1S/C30H34F4N4O5.ClH/c1-17(35)27-26(28(40)36-16-19-9-11-20(31)15-22(19)32)38-29(43-27)18-10-12-23(42-30(33)34)24(14-18)41-13-5-4-8-25(39)37-21-6-2-3-7-21;/h9-12,14-15,17,21,30H,2-8,13,16,35H2,1H3,(H,36,40)(H,37,39);1H. The molecule has 1 saturated carbocycles. The van der Waals surface area contributed by atoms with Gasteiger partial charge < -0.3 is 30.3 Å². The number of unbranched alkanes of at least 4 members (excludes halogenated alkanes) is 1. The van der Waals surface area contributed by atoms with E-state index >= 15 is 0 Å². The third-order valence-electron chi connectivity index (χ3n) is 6.92. The van der Waals surface area contributed by atoms with Gasteiger partial charge in [0.1, 0.15) is 11.6 Å². The van der Waals surface area contributed by atoms with Crippen molar-refractivity contribution in [1.29, 1.82) is 0 Å². The fraction of sp³-hybridized carbons (Fsp3) is 0.433. The van der Waals surface area contributed by atoms with Gasteiger partial charge in [-0.1, -0.05) is 18.9 Å². The summed E-state index contributed by atoms with van der Waals surface area (Å²) in [7, 11) is 0. The third kappa shape index (κ3) is 9.58. The van der Waals surface area contributed by atoms with Gasteiger partial charge in [0, 0.05) is 36.2 Å². The number of nitrogens with zero attached hydrogens (tertiary/aromatic N) is 1. The minimum absolute atomic E-state index is 0. The highest BCUT2D eigenvalue weighted by Crippen LogP contribution is 2.35. The van der Waals surface area contributed by atoms with Crippen LogP contribution in [0.4, 0.5) is 17.6 Å². The smallest absolute Gasteiger partial charge is 0.387 e. The molecule has 1 aliphatic rings. The number of carbonyl (C=O) groups excluding carboxylic acids is 2. The lowest BCUT2D eigenvalue weighted by atomic mass is 10.2. The highest BCUT2D eigenvalue weighted by Gasteiger charge is 2.25. The third-order valence-corrected chi connectivity index (χ3v) is 6.92. The first-order valence-corrected chi connectivity index (χ1v) is 14.1. The Morgan fingerprint density at radius 2 is 1.84 bits per heavy atom. The summed E-state index contributed by atoms with van der Waals surface area (Å²) < 4.78 is 69.4. The van der Waals surface area contributed by atoms with Crippen LogP contribution >= 0.6 is 12.4 Å². The number of amides is 2. The average molecular weight is 643 g/mol. The Bertz CT molecular complexity index is 1420. The molecule has 2 amide bonds. The molecule has 4 rings (SSSR count). The fourth-order valence-electron chi connectivity index (χ4n) is 4.74. The number of rotatable bonds is 14. The van der Waals surface area contributed by atoms with Gasteiger partial charge in [-0.05, 0) is 56.9 Å². The molecule has 1 atom stereocenters. The molecule has 44 heavy (non-hydrogen) atoms. The fourth-order valence-corrected chi connectivity index (χ4v) is 4.74. The number of aromatic nitrogens is 1. The molecule has 3 aromatic rings. The molecule has 4 N–H and O–H groups in total. The predicted octanol–water partition coefficient (Wildman–Crippen LogP) is 6.20. The van der Waals surface area contributed by atoms with E-state index in [1.807, 2.05) is 0 Å². The van der Waals surface area contributed by atoms with Gasteiger partial charge in [-0.2, -0.15) is 8.78 Å². The molecule has 240 valence electrons. The van der Waals surface area contributed by atoms with Gasteiger partial charge in [-0.25, -0.2) is 13.8 Å². The zero-order chi connectivity index (χ0) is 30.9. The van der Waals surface area contributed by atoms with Crippen LogP contribution in [0.5, 0.6) is 11.5 Å². The van der Waals surface area contributed by atoms with Crippen LogP contribution in [0.25, 0.3) is 11.5 Å². The molecule has 0 radical (unpaired) electrons. The molecule has 1 heterocycles.